The highest BCUT2D eigenvalue weighted by Gasteiger charge is 2.39. The maximum absolute atomic E-state index is 13.0. The van der Waals surface area contributed by atoms with Crippen LogP contribution in [0.5, 0.6) is 5.75 Å². The van der Waals surface area contributed by atoms with Gasteiger partial charge in [0.1, 0.15) is 11.4 Å². The van der Waals surface area contributed by atoms with Gasteiger partial charge in [0.05, 0.1) is 25.0 Å². The van der Waals surface area contributed by atoms with Gasteiger partial charge in [-0.1, -0.05) is 12.8 Å². The largest absolute Gasteiger partial charge is 0.495 e. The number of hydrogen-bond donors (Lipinski definition) is 2. The molecule has 0 radical (unpaired) electrons. The summed E-state index contributed by atoms with van der Waals surface area (Å²) in [6.45, 7) is 2.51. The van der Waals surface area contributed by atoms with Crippen LogP contribution in [0.15, 0.2) is 48.9 Å². The number of pyridine rings is 1. The van der Waals surface area contributed by atoms with Gasteiger partial charge in [-0.2, -0.15) is 4.98 Å². The second-order valence-electron chi connectivity index (χ2n) is 8.97. The summed E-state index contributed by atoms with van der Waals surface area (Å²) in [6, 6.07) is 8.69. The minimum atomic E-state index is -0.263. The van der Waals surface area contributed by atoms with E-state index in [2.05, 4.69) is 20.6 Å². The van der Waals surface area contributed by atoms with Gasteiger partial charge in [0.15, 0.2) is 5.82 Å². The molecule has 0 bridgehead atoms. The molecule has 11 heteroatoms. The van der Waals surface area contributed by atoms with E-state index in [4.69, 9.17) is 9.72 Å². The molecule has 0 atom stereocenters. The number of rotatable bonds is 7. The number of hydrazine groups is 1. The van der Waals surface area contributed by atoms with Crippen LogP contribution < -0.4 is 25.3 Å². The number of nitrogens with one attached hydrogen (secondary N) is 2. The highest BCUT2D eigenvalue weighted by atomic mass is 16.5. The third-order valence-corrected chi connectivity index (χ3v) is 6.71. The number of carbonyl (C=O) groups is 2. The van der Waals surface area contributed by atoms with Crippen LogP contribution in [0.25, 0.3) is 0 Å². The summed E-state index contributed by atoms with van der Waals surface area (Å²) in [6.07, 6.45) is 9.18. The topological polar surface area (TPSA) is 116 Å². The van der Waals surface area contributed by atoms with Crippen LogP contribution in [0.1, 0.15) is 43.0 Å². The molecule has 1 aliphatic heterocycles. The van der Waals surface area contributed by atoms with Crippen LogP contribution in [0.2, 0.25) is 0 Å². The minimum absolute atomic E-state index is 0.0893. The van der Waals surface area contributed by atoms with Crippen molar-refractivity contribution in [3.8, 4) is 5.75 Å². The normalized spacial score (nSPS) is 15.5. The Hall–Kier alpha value is -4.41. The molecule has 1 saturated carbocycles. The molecule has 37 heavy (non-hydrogen) atoms. The highest BCUT2D eigenvalue weighted by Crippen LogP contribution is 2.39. The van der Waals surface area contributed by atoms with E-state index in [0.29, 0.717) is 46.7 Å². The molecule has 3 amide bonds. The smallest absolute Gasteiger partial charge is 0.343 e. The predicted molar refractivity (Wildman–Crippen MR) is 141 cm³/mol. The van der Waals surface area contributed by atoms with Crippen molar-refractivity contribution in [2.75, 3.05) is 41.2 Å². The molecule has 192 valence electrons. The number of ether oxygens (including phenoxy) is 1. The van der Waals surface area contributed by atoms with E-state index in [-0.39, 0.29) is 18.0 Å². The lowest BCUT2D eigenvalue weighted by Crippen LogP contribution is -2.59. The van der Waals surface area contributed by atoms with E-state index in [1.54, 1.807) is 73.0 Å². The number of carbonyl (C=O) groups excluding carboxylic acids is 2. The van der Waals surface area contributed by atoms with Crippen molar-refractivity contribution in [2.24, 2.45) is 0 Å². The van der Waals surface area contributed by atoms with Crippen LogP contribution in [0.4, 0.5) is 33.6 Å². The Balaban J connectivity index is 1.42. The second-order valence-corrected chi connectivity index (χ2v) is 8.97. The molecular weight excluding hydrogens is 472 g/mol. The fourth-order valence-corrected chi connectivity index (χ4v) is 4.82. The number of nitrogens with zero attached hydrogens (tertiary/aromatic N) is 6. The first-order chi connectivity index (χ1) is 18.0. The summed E-state index contributed by atoms with van der Waals surface area (Å²) in [5.74, 6) is 1.27. The number of urea groups is 1. The predicted octanol–water partition coefficient (Wildman–Crippen LogP) is 4.43. The van der Waals surface area contributed by atoms with Gasteiger partial charge < -0.3 is 15.4 Å². The lowest BCUT2D eigenvalue weighted by molar-refractivity contribution is 0.102. The Labute approximate surface area is 215 Å². The van der Waals surface area contributed by atoms with Gasteiger partial charge in [-0.3, -0.25) is 19.7 Å². The van der Waals surface area contributed by atoms with Crippen LogP contribution >= 0.6 is 0 Å². The average molecular weight is 503 g/mol. The molecule has 2 aromatic heterocycles. The van der Waals surface area contributed by atoms with E-state index in [0.717, 1.165) is 25.7 Å². The van der Waals surface area contributed by atoms with Gasteiger partial charge in [-0.15, -0.1) is 0 Å². The number of aromatic nitrogens is 3. The van der Waals surface area contributed by atoms with Crippen LogP contribution in [0.3, 0.4) is 0 Å². The monoisotopic (exact) mass is 502 g/mol. The van der Waals surface area contributed by atoms with Crippen molar-refractivity contribution < 1.29 is 14.3 Å². The molecule has 0 spiro atoms. The zero-order chi connectivity index (χ0) is 25.9. The van der Waals surface area contributed by atoms with Gasteiger partial charge in [0.2, 0.25) is 5.95 Å². The first-order valence-corrected chi connectivity index (χ1v) is 12.4. The molecule has 1 aliphatic carbocycles. The van der Waals surface area contributed by atoms with E-state index in [1.165, 1.54) is 0 Å². The SMILES string of the molecule is CCN1C(=O)N(C)c2cnc(Nc3ccc(C(=O)Nc4ccncc4)cc3OC)nc2N1C1CCCC1. The Morgan fingerprint density at radius 2 is 1.92 bits per heavy atom. The van der Waals surface area contributed by atoms with Crippen LogP contribution in [0, 0.1) is 0 Å². The van der Waals surface area contributed by atoms with E-state index in [1.807, 2.05) is 11.9 Å². The summed E-state index contributed by atoms with van der Waals surface area (Å²) >= 11 is 0. The number of benzene rings is 1. The van der Waals surface area contributed by atoms with E-state index in [9.17, 15) is 9.59 Å². The Morgan fingerprint density at radius 3 is 2.62 bits per heavy atom. The number of amides is 3. The molecule has 1 aromatic carbocycles. The number of fused-ring (bicyclic) bond motifs is 1. The Kier molecular flexibility index (Phi) is 6.76. The molecule has 0 saturated heterocycles. The average Bonchev–Trinajstić information content (AvgIpc) is 3.46. The lowest BCUT2D eigenvalue weighted by Gasteiger charge is -2.45. The molecule has 0 unspecified atom stereocenters. The third-order valence-electron chi connectivity index (χ3n) is 6.71. The summed E-state index contributed by atoms with van der Waals surface area (Å²) in [5, 5.41) is 9.86. The zero-order valence-electron chi connectivity index (χ0n) is 21.1. The third kappa shape index (κ3) is 4.72. The molecule has 5 rings (SSSR count). The van der Waals surface area contributed by atoms with E-state index >= 15 is 0 Å². The van der Waals surface area contributed by atoms with Gasteiger partial charge >= 0.3 is 6.03 Å². The maximum atomic E-state index is 13.0. The quantitative estimate of drug-likeness (QED) is 0.487. The van der Waals surface area contributed by atoms with Crippen molar-refractivity contribution in [3.63, 3.8) is 0 Å². The van der Waals surface area contributed by atoms with Crippen molar-refractivity contribution >= 4 is 40.8 Å². The minimum Gasteiger partial charge on any atom is -0.495 e. The van der Waals surface area contributed by atoms with Gasteiger partial charge in [-0.05, 0) is 50.1 Å². The standard InChI is InChI=1S/C26H30N8O3/c1-4-33-26(36)32(2)21-16-28-25(31-23(21)34(33)19-7-5-6-8-19)30-20-10-9-17(15-22(20)37-3)24(35)29-18-11-13-27-14-12-18/h9-16,19H,4-8H2,1-3H3,(H,27,29,35)(H,28,30,31). The fourth-order valence-electron chi connectivity index (χ4n) is 4.82. The van der Waals surface area contributed by atoms with Crippen molar-refractivity contribution in [1.82, 2.24) is 20.0 Å². The fraction of sp³-hybridized carbons (Fsp3) is 0.346. The van der Waals surface area contributed by atoms with Gasteiger partial charge in [0.25, 0.3) is 5.91 Å². The lowest BCUT2D eigenvalue weighted by atomic mass is 10.1. The van der Waals surface area contributed by atoms with Crippen molar-refractivity contribution in [1.29, 1.82) is 0 Å². The first-order valence-electron chi connectivity index (χ1n) is 12.4. The molecule has 3 aromatic rings. The van der Waals surface area contributed by atoms with Crippen LogP contribution in [-0.4, -0.2) is 58.6 Å². The zero-order valence-corrected chi connectivity index (χ0v) is 21.1. The number of anilines is 5. The maximum Gasteiger partial charge on any atom is 0.343 e. The second kappa shape index (κ2) is 10.3. The summed E-state index contributed by atoms with van der Waals surface area (Å²) in [4.78, 5) is 40.6. The summed E-state index contributed by atoms with van der Waals surface area (Å²) in [7, 11) is 3.28. The molecule has 2 aliphatic rings. The number of hydrogen-bond acceptors (Lipinski definition) is 8. The van der Waals surface area contributed by atoms with Crippen molar-refractivity contribution in [3.05, 3.63) is 54.5 Å². The molecule has 1 fully saturated rings. The Bertz CT molecular complexity index is 1300. The molecule has 2 N–H and O–H groups in total. The molecular formula is C26H30N8O3. The molecule has 3 heterocycles. The van der Waals surface area contributed by atoms with Gasteiger partial charge in [-0.25, -0.2) is 14.8 Å². The van der Waals surface area contributed by atoms with Crippen LogP contribution in [-0.2, 0) is 0 Å². The summed E-state index contributed by atoms with van der Waals surface area (Å²) < 4.78 is 5.56. The Morgan fingerprint density at radius 1 is 1.16 bits per heavy atom. The molecule has 11 nitrogen and oxygen atoms in total. The van der Waals surface area contributed by atoms with Crippen molar-refractivity contribution in [2.45, 2.75) is 38.6 Å². The highest BCUT2D eigenvalue weighted by molar-refractivity contribution is 6.05. The van der Waals surface area contributed by atoms with E-state index < -0.39 is 0 Å². The number of methoxy groups -OCH3 is 1. The summed E-state index contributed by atoms with van der Waals surface area (Å²) in [5.41, 5.74) is 2.38. The first kappa shape index (κ1) is 24.3. The van der Waals surface area contributed by atoms with Gasteiger partial charge in [0, 0.05) is 37.2 Å².